The Morgan fingerprint density at radius 2 is 2.13 bits per heavy atom. The van der Waals surface area contributed by atoms with Crippen LogP contribution in [0.5, 0.6) is 5.75 Å². The molecule has 0 spiro atoms. The summed E-state index contributed by atoms with van der Waals surface area (Å²) in [5.74, 6) is 0.217. The monoisotopic (exact) mass is 317 g/mol. The van der Waals surface area contributed by atoms with Gasteiger partial charge in [-0.15, -0.1) is 0 Å². The number of halogens is 1. The zero-order valence-corrected chi connectivity index (χ0v) is 14.1. The van der Waals surface area contributed by atoms with Crippen LogP contribution in [0.4, 0.5) is 10.1 Å². The van der Waals surface area contributed by atoms with Gasteiger partial charge in [-0.2, -0.15) is 0 Å². The van der Waals surface area contributed by atoms with Gasteiger partial charge in [0.15, 0.2) is 0 Å². The first-order valence-electron chi connectivity index (χ1n) is 8.30. The topological polar surface area (TPSA) is 28.6 Å². The second-order valence-electron chi connectivity index (χ2n) is 6.04. The van der Waals surface area contributed by atoms with Crippen LogP contribution in [0.1, 0.15) is 32.3 Å². The molecule has 1 aliphatic heterocycles. The standard InChI is InChI=1S/C18H24FN3O/c1-4-6-7-22-12-21(5-2)11-13-10-20-17-15(18(13)22)8-14(19)9-16(17)23-3/h8-10H,4-7,11-12H2,1-3H3. The number of methoxy groups -OCH3 is 1. The molecule has 2 aromatic rings. The van der Waals surface area contributed by atoms with Gasteiger partial charge in [0.05, 0.1) is 19.5 Å². The van der Waals surface area contributed by atoms with Crippen LogP contribution in [-0.2, 0) is 6.54 Å². The van der Waals surface area contributed by atoms with Gasteiger partial charge in [0.2, 0.25) is 0 Å². The minimum atomic E-state index is -0.280. The molecule has 23 heavy (non-hydrogen) atoms. The van der Waals surface area contributed by atoms with Crippen molar-refractivity contribution in [2.24, 2.45) is 0 Å². The first-order valence-corrected chi connectivity index (χ1v) is 8.30. The highest BCUT2D eigenvalue weighted by Gasteiger charge is 2.25. The smallest absolute Gasteiger partial charge is 0.148 e. The van der Waals surface area contributed by atoms with Gasteiger partial charge < -0.3 is 9.64 Å². The van der Waals surface area contributed by atoms with Crippen molar-refractivity contribution in [2.45, 2.75) is 33.2 Å². The summed E-state index contributed by atoms with van der Waals surface area (Å²) in [4.78, 5) is 9.28. The molecule has 3 rings (SSSR count). The molecule has 0 unspecified atom stereocenters. The number of benzene rings is 1. The molecule has 0 atom stereocenters. The third kappa shape index (κ3) is 2.98. The van der Waals surface area contributed by atoms with Crippen molar-refractivity contribution in [2.75, 3.05) is 31.8 Å². The molecular weight excluding hydrogens is 293 g/mol. The van der Waals surface area contributed by atoms with E-state index in [0.29, 0.717) is 5.75 Å². The third-order valence-corrected chi connectivity index (χ3v) is 4.48. The van der Waals surface area contributed by atoms with Gasteiger partial charge in [-0.1, -0.05) is 20.3 Å². The van der Waals surface area contributed by atoms with Crippen molar-refractivity contribution in [3.63, 3.8) is 0 Å². The summed E-state index contributed by atoms with van der Waals surface area (Å²) in [6, 6.07) is 2.99. The second-order valence-corrected chi connectivity index (χ2v) is 6.04. The number of fused-ring (bicyclic) bond motifs is 3. The molecule has 0 aliphatic carbocycles. The Labute approximate surface area is 136 Å². The Morgan fingerprint density at radius 3 is 2.83 bits per heavy atom. The molecule has 0 saturated carbocycles. The Kier molecular flexibility index (Phi) is 4.66. The maximum atomic E-state index is 14.0. The van der Waals surface area contributed by atoms with E-state index in [2.05, 4.69) is 28.6 Å². The van der Waals surface area contributed by atoms with Gasteiger partial charge in [-0.3, -0.25) is 9.88 Å². The highest BCUT2D eigenvalue weighted by molar-refractivity contribution is 5.97. The van der Waals surface area contributed by atoms with E-state index in [1.54, 1.807) is 13.2 Å². The quantitative estimate of drug-likeness (QED) is 0.839. The molecule has 1 aromatic heterocycles. The van der Waals surface area contributed by atoms with Gasteiger partial charge in [0.1, 0.15) is 17.1 Å². The lowest BCUT2D eigenvalue weighted by molar-refractivity contribution is 0.265. The summed E-state index contributed by atoms with van der Waals surface area (Å²) in [6.07, 6.45) is 4.17. The lowest BCUT2D eigenvalue weighted by Crippen LogP contribution is -2.42. The fourth-order valence-electron chi connectivity index (χ4n) is 3.26. The van der Waals surface area contributed by atoms with Crippen LogP contribution < -0.4 is 9.64 Å². The molecule has 1 aromatic carbocycles. The summed E-state index contributed by atoms with van der Waals surface area (Å²) < 4.78 is 19.4. The van der Waals surface area contributed by atoms with Crippen LogP contribution in [-0.4, -0.2) is 36.8 Å². The molecule has 2 heterocycles. The maximum absolute atomic E-state index is 14.0. The molecule has 0 N–H and O–H groups in total. The lowest BCUT2D eigenvalue weighted by Gasteiger charge is -2.38. The van der Waals surface area contributed by atoms with E-state index >= 15 is 0 Å². The molecule has 5 heteroatoms. The van der Waals surface area contributed by atoms with E-state index < -0.39 is 0 Å². The van der Waals surface area contributed by atoms with E-state index in [4.69, 9.17) is 4.74 Å². The average Bonchev–Trinajstić information content (AvgIpc) is 2.57. The van der Waals surface area contributed by atoms with E-state index in [1.807, 2.05) is 6.20 Å². The number of aromatic nitrogens is 1. The van der Waals surface area contributed by atoms with E-state index in [9.17, 15) is 4.39 Å². The molecule has 4 nitrogen and oxygen atoms in total. The number of rotatable bonds is 5. The SMILES string of the molecule is CCCCN1CN(CC)Cc2cnc3c(OC)cc(F)cc3c21. The number of hydrogen-bond acceptors (Lipinski definition) is 4. The normalized spacial score (nSPS) is 15.0. The lowest BCUT2D eigenvalue weighted by atomic mass is 10.0. The fraction of sp³-hybridized carbons (Fsp3) is 0.500. The van der Waals surface area contributed by atoms with Gasteiger partial charge in [-0.05, 0) is 19.0 Å². The van der Waals surface area contributed by atoms with Gasteiger partial charge in [-0.25, -0.2) is 4.39 Å². The van der Waals surface area contributed by atoms with Crippen LogP contribution in [0.3, 0.4) is 0 Å². The molecular formula is C18H24FN3O. The van der Waals surface area contributed by atoms with Crippen molar-refractivity contribution < 1.29 is 9.13 Å². The molecule has 0 amide bonds. The van der Waals surface area contributed by atoms with Crippen molar-refractivity contribution in [1.82, 2.24) is 9.88 Å². The highest BCUT2D eigenvalue weighted by atomic mass is 19.1. The molecule has 0 fully saturated rings. The van der Waals surface area contributed by atoms with Crippen LogP contribution in [0, 0.1) is 5.82 Å². The summed E-state index contributed by atoms with van der Waals surface area (Å²) in [7, 11) is 1.56. The average molecular weight is 317 g/mol. The van der Waals surface area contributed by atoms with Crippen molar-refractivity contribution in [3.8, 4) is 5.75 Å². The minimum absolute atomic E-state index is 0.280. The first-order chi connectivity index (χ1) is 11.2. The van der Waals surface area contributed by atoms with Crippen LogP contribution in [0.15, 0.2) is 18.3 Å². The van der Waals surface area contributed by atoms with Gasteiger partial charge >= 0.3 is 0 Å². The number of anilines is 1. The van der Waals surface area contributed by atoms with E-state index in [1.165, 1.54) is 6.07 Å². The highest BCUT2D eigenvalue weighted by Crippen LogP contribution is 2.37. The number of ether oxygens (including phenoxy) is 1. The third-order valence-electron chi connectivity index (χ3n) is 4.48. The first kappa shape index (κ1) is 16.0. The number of nitrogens with zero attached hydrogens (tertiary/aromatic N) is 3. The molecule has 124 valence electrons. The van der Waals surface area contributed by atoms with Gasteiger partial charge in [0, 0.05) is 36.3 Å². The zero-order chi connectivity index (χ0) is 16.4. The van der Waals surface area contributed by atoms with Crippen LogP contribution in [0.2, 0.25) is 0 Å². The molecule has 1 aliphatic rings. The van der Waals surface area contributed by atoms with E-state index in [0.717, 1.165) is 61.3 Å². The molecule has 0 radical (unpaired) electrons. The van der Waals surface area contributed by atoms with Crippen LogP contribution in [0.25, 0.3) is 10.9 Å². The Morgan fingerprint density at radius 1 is 1.30 bits per heavy atom. The fourth-order valence-corrected chi connectivity index (χ4v) is 3.26. The van der Waals surface area contributed by atoms with Crippen LogP contribution >= 0.6 is 0 Å². The summed E-state index contributed by atoms with van der Waals surface area (Å²) in [5.41, 5.74) is 3.01. The number of pyridine rings is 1. The Hall–Kier alpha value is -1.88. The van der Waals surface area contributed by atoms with E-state index in [-0.39, 0.29) is 5.82 Å². The largest absolute Gasteiger partial charge is 0.494 e. The number of unbranched alkanes of at least 4 members (excludes halogenated alkanes) is 1. The summed E-state index contributed by atoms with van der Waals surface area (Å²) >= 11 is 0. The van der Waals surface area contributed by atoms with Crippen molar-refractivity contribution >= 4 is 16.6 Å². The molecule has 0 saturated heterocycles. The zero-order valence-electron chi connectivity index (χ0n) is 14.1. The summed E-state index contributed by atoms with van der Waals surface area (Å²) in [6.45, 7) is 8.05. The summed E-state index contributed by atoms with van der Waals surface area (Å²) in [5, 5.41) is 0.853. The predicted octanol–water partition coefficient (Wildman–Crippen LogP) is 3.78. The maximum Gasteiger partial charge on any atom is 0.148 e. The minimum Gasteiger partial charge on any atom is -0.494 e. The predicted molar refractivity (Wildman–Crippen MR) is 91.5 cm³/mol. The Bertz CT molecular complexity index is 704. The molecule has 0 bridgehead atoms. The second kappa shape index (κ2) is 6.71. The van der Waals surface area contributed by atoms with Crippen molar-refractivity contribution in [1.29, 1.82) is 0 Å². The number of hydrogen-bond donors (Lipinski definition) is 0. The van der Waals surface area contributed by atoms with Gasteiger partial charge in [0.25, 0.3) is 0 Å². The van der Waals surface area contributed by atoms with Crippen molar-refractivity contribution in [3.05, 3.63) is 29.7 Å². The Balaban J connectivity index is 2.17.